The highest BCUT2D eigenvalue weighted by molar-refractivity contribution is 7.91. The van der Waals surface area contributed by atoms with Crippen molar-refractivity contribution in [3.8, 4) is 6.07 Å². The maximum Gasteiger partial charge on any atom is 0.223 e. The zero-order valence-corrected chi connectivity index (χ0v) is 15.0. The molecule has 0 spiro atoms. The molecule has 2 N–H and O–H groups in total. The standard InChI is InChI=1S/C16H20N6O2S/c1-10(2)19-15-14-11(7-13(8-17)20-15)9-18-16(22-14)21-12-3-5-25(23,24)6-4-12/h7,9-10,12H,3-6H2,1-2H3,(H,19,20)(H,18,21,22). The molecule has 9 heteroatoms. The molecule has 0 radical (unpaired) electrons. The van der Waals surface area contributed by atoms with Crippen LogP contribution in [-0.2, 0) is 9.84 Å². The number of aromatic nitrogens is 3. The van der Waals surface area contributed by atoms with Crippen molar-refractivity contribution in [3.05, 3.63) is 18.0 Å². The molecule has 3 heterocycles. The molecule has 0 amide bonds. The normalized spacial score (nSPS) is 17.4. The van der Waals surface area contributed by atoms with E-state index in [1.807, 2.05) is 19.9 Å². The predicted molar refractivity (Wildman–Crippen MR) is 96.1 cm³/mol. The van der Waals surface area contributed by atoms with E-state index >= 15 is 0 Å². The van der Waals surface area contributed by atoms with Crippen LogP contribution in [0, 0.1) is 11.3 Å². The fraction of sp³-hybridized carbons (Fsp3) is 0.500. The Balaban J connectivity index is 1.89. The van der Waals surface area contributed by atoms with Gasteiger partial charge in [-0.25, -0.2) is 23.4 Å². The summed E-state index contributed by atoms with van der Waals surface area (Å²) in [5.41, 5.74) is 0.936. The average Bonchev–Trinajstić information content (AvgIpc) is 2.56. The SMILES string of the molecule is CC(C)Nc1nc(C#N)cc2cnc(NC3CCS(=O)(=O)CC3)nc12. The molecule has 0 aliphatic carbocycles. The molecule has 25 heavy (non-hydrogen) atoms. The molecule has 0 atom stereocenters. The van der Waals surface area contributed by atoms with Gasteiger partial charge in [-0.15, -0.1) is 0 Å². The van der Waals surface area contributed by atoms with Crippen molar-refractivity contribution in [3.63, 3.8) is 0 Å². The maximum atomic E-state index is 11.5. The highest BCUT2D eigenvalue weighted by Crippen LogP contribution is 2.23. The summed E-state index contributed by atoms with van der Waals surface area (Å²) in [5.74, 6) is 1.35. The molecule has 1 aliphatic heterocycles. The van der Waals surface area contributed by atoms with Crippen LogP contribution in [0.3, 0.4) is 0 Å². The first-order chi connectivity index (χ1) is 11.9. The fourth-order valence-corrected chi connectivity index (χ4v) is 4.25. The van der Waals surface area contributed by atoms with Crippen molar-refractivity contribution in [2.75, 3.05) is 22.1 Å². The van der Waals surface area contributed by atoms with Gasteiger partial charge in [0, 0.05) is 23.7 Å². The van der Waals surface area contributed by atoms with Crippen LogP contribution < -0.4 is 10.6 Å². The third-order valence-electron chi connectivity index (χ3n) is 3.99. The summed E-state index contributed by atoms with van der Waals surface area (Å²) in [6, 6.07) is 3.87. The lowest BCUT2D eigenvalue weighted by atomic mass is 10.1. The molecule has 0 saturated carbocycles. The van der Waals surface area contributed by atoms with Crippen LogP contribution in [0.4, 0.5) is 11.8 Å². The molecule has 132 valence electrons. The summed E-state index contributed by atoms with van der Waals surface area (Å²) >= 11 is 0. The minimum atomic E-state index is -2.90. The lowest BCUT2D eigenvalue weighted by Gasteiger charge is -2.23. The number of hydrogen-bond acceptors (Lipinski definition) is 8. The summed E-state index contributed by atoms with van der Waals surface area (Å²) in [4.78, 5) is 13.1. The van der Waals surface area contributed by atoms with E-state index in [2.05, 4.69) is 25.6 Å². The Bertz CT molecular complexity index is 922. The van der Waals surface area contributed by atoms with E-state index < -0.39 is 9.84 Å². The predicted octanol–water partition coefficient (Wildman–Crippen LogP) is 1.71. The van der Waals surface area contributed by atoms with Crippen LogP contribution in [0.1, 0.15) is 32.4 Å². The van der Waals surface area contributed by atoms with Crippen LogP contribution >= 0.6 is 0 Å². The van der Waals surface area contributed by atoms with Gasteiger partial charge in [0.1, 0.15) is 27.1 Å². The molecular formula is C16H20N6O2S. The van der Waals surface area contributed by atoms with Gasteiger partial charge in [-0.05, 0) is 32.8 Å². The molecule has 2 aromatic rings. The lowest BCUT2D eigenvalue weighted by Crippen LogP contribution is -2.32. The number of pyridine rings is 1. The van der Waals surface area contributed by atoms with Crippen molar-refractivity contribution in [1.82, 2.24) is 15.0 Å². The zero-order valence-electron chi connectivity index (χ0n) is 14.2. The molecule has 1 fully saturated rings. The van der Waals surface area contributed by atoms with E-state index in [4.69, 9.17) is 5.26 Å². The fourth-order valence-electron chi connectivity index (χ4n) is 2.76. The van der Waals surface area contributed by atoms with Gasteiger partial charge in [0.15, 0.2) is 5.82 Å². The smallest absolute Gasteiger partial charge is 0.223 e. The summed E-state index contributed by atoms with van der Waals surface area (Å²) in [6.07, 6.45) is 2.75. The number of sulfone groups is 1. The highest BCUT2D eigenvalue weighted by atomic mass is 32.2. The van der Waals surface area contributed by atoms with Gasteiger partial charge in [-0.1, -0.05) is 0 Å². The van der Waals surface area contributed by atoms with Crippen molar-refractivity contribution >= 4 is 32.5 Å². The first-order valence-electron chi connectivity index (χ1n) is 8.18. The highest BCUT2D eigenvalue weighted by Gasteiger charge is 2.24. The molecule has 3 rings (SSSR count). The van der Waals surface area contributed by atoms with Crippen molar-refractivity contribution in [2.24, 2.45) is 0 Å². The van der Waals surface area contributed by atoms with E-state index in [9.17, 15) is 8.42 Å². The van der Waals surface area contributed by atoms with Gasteiger partial charge in [0.2, 0.25) is 5.95 Å². The Morgan fingerprint density at radius 2 is 2.00 bits per heavy atom. The molecule has 8 nitrogen and oxygen atoms in total. The van der Waals surface area contributed by atoms with Crippen molar-refractivity contribution in [1.29, 1.82) is 5.26 Å². The van der Waals surface area contributed by atoms with E-state index in [1.165, 1.54) is 0 Å². The summed E-state index contributed by atoms with van der Waals surface area (Å²) < 4.78 is 23.1. The molecular weight excluding hydrogens is 340 g/mol. The van der Waals surface area contributed by atoms with Gasteiger partial charge in [0.05, 0.1) is 11.5 Å². The van der Waals surface area contributed by atoms with Crippen LogP contribution in [-0.4, -0.2) is 47.0 Å². The first-order valence-corrected chi connectivity index (χ1v) is 10.00. The van der Waals surface area contributed by atoms with Crippen LogP contribution in [0.25, 0.3) is 10.9 Å². The Hall–Kier alpha value is -2.47. The Morgan fingerprint density at radius 3 is 2.64 bits per heavy atom. The summed E-state index contributed by atoms with van der Waals surface area (Å²) in [5, 5.41) is 16.3. The first kappa shape index (κ1) is 17.4. The average molecular weight is 360 g/mol. The van der Waals surface area contributed by atoms with Gasteiger partial charge in [0.25, 0.3) is 0 Å². The quantitative estimate of drug-likeness (QED) is 0.845. The van der Waals surface area contributed by atoms with Crippen LogP contribution in [0.15, 0.2) is 12.3 Å². The molecule has 0 aromatic carbocycles. The molecule has 0 bridgehead atoms. The number of nitrogens with one attached hydrogen (secondary N) is 2. The molecule has 1 aliphatic rings. The van der Waals surface area contributed by atoms with Crippen molar-refractivity contribution < 1.29 is 8.42 Å². The number of nitriles is 1. The summed E-state index contributed by atoms with van der Waals surface area (Å²) in [6.45, 7) is 3.96. The van der Waals surface area contributed by atoms with Crippen LogP contribution in [0.5, 0.6) is 0 Å². The second-order valence-electron chi connectivity index (χ2n) is 6.47. The Labute approximate surface area is 146 Å². The summed E-state index contributed by atoms with van der Waals surface area (Å²) in [7, 11) is -2.90. The van der Waals surface area contributed by atoms with Gasteiger partial charge < -0.3 is 10.6 Å². The van der Waals surface area contributed by atoms with E-state index in [-0.39, 0.29) is 23.6 Å². The minimum Gasteiger partial charge on any atom is -0.366 e. The number of anilines is 2. The van der Waals surface area contributed by atoms with Gasteiger partial charge in [-0.3, -0.25) is 0 Å². The molecule has 1 saturated heterocycles. The largest absolute Gasteiger partial charge is 0.366 e. The molecule has 0 unspecified atom stereocenters. The van der Waals surface area contributed by atoms with E-state index in [0.29, 0.717) is 35.8 Å². The third-order valence-corrected chi connectivity index (χ3v) is 5.71. The monoisotopic (exact) mass is 360 g/mol. The van der Waals surface area contributed by atoms with Crippen molar-refractivity contribution in [2.45, 2.75) is 38.8 Å². The van der Waals surface area contributed by atoms with E-state index in [1.54, 1.807) is 12.3 Å². The van der Waals surface area contributed by atoms with Crippen LogP contribution in [0.2, 0.25) is 0 Å². The van der Waals surface area contributed by atoms with Gasteiger partial charge >= 0.3 is 0 Å². The van der Waals surface area contributed by atoms with Gasteiger partial charge in [-0.2, -0.15) is 5.26 Å². The third kappa shape index (κ3) is 4.14. The number of hydrogen-bond donors (Lipinski definition) is 2. The Morgan fingerprint density at radius 1 is 1.28 bits per heavy atom. The zero-order chi connectivity index (χ0) is 18.0. The Kier molecular flexibility index (Phi) is 4.72. The molecule has 2 aromatic heterocycles. The topological polar surface area (TPSA) is 121 Å². The maximum absolute atomic E-state index is 11.5. The second kappa shape index (κ2) is 6.80. The number of rotatable bonds is 4. The minimum absolute atomic E-state index is 0.0359. The number of nitrogens with zero attached hydrogens (tertiary/aromatic N) is 4. The number of fused-ring (bicyclic) bond motifs is 1. The second-order valence-corrected chi connectivity index (χ2v) is 8.77. The van der Waals surface area contributed by atoms with E-state index in [0.717, 1.165) is 5.39 Å². The lowest BCUT2D eigenvalue weighted by molar-refractivity contribution is 0.558.